The van der Waals surface area contributed by atoms with E-state index in [4.69, 9.17) is 4.74 Å². The first-order chi connectivity index (χ1) is 15.4. The standard InChI is InChI=1S/C24H26F4N2O3/c1-4-33-21-11-9-16-18(6-5-7-19(16)30-21)29-14-23(32,24(26,27)28)13-22(2,3)17-12-15(25)8-10-20(17)31/h5-12,29,31-32H,4,13-14H2,1-3H3. The summed E-state index contributed by atoms with van der Waals surface area (Å²) in [6.07, 6.45) is -5.81. The van der Waals surface area contributed by atoms with Crippen LogP contribution in [0.15, 0.2) is 48.5 Å². The Kier molecular flexibility index (Phi) is 6.74. The van der Waals surface area contributed by atoms with Crippen LogP contribution in [0.25, 0.3) is 10.9 Å². The first-order valence-corrected chi connectivity index (χ1v) is 10.4. The van der Waals surface area contributed by atoms with Gasteiger partial charge in [-0.15, -0.1) is 0 Å². The number of rotatable bonds is 8. The third-order valence-electron chi connectivity index (χ3n) is 5.52. The Labute approximate surface area is 189 Å². The molecule has 0 bridgehead atoms. The second-order valence-electron chi connectivity index (χ2n) is 8.56. The molecule has 1 atom stereocenters. The van der Waals surface area contributed by atoms with Gasteiger partial charge in [0, 0.05) is 22.7 Å². The van der Waals surface area contributed by atoms with Crippen LogP contribution in [0.2, 0.25) is 0 Å². The predicted octanol–water partition coefficient (Wildman–Crippen LogP) is 5.55. The molecule has 1 unspecified atom stereocenters. The summed E-state index contributed by atoms with van der Waals surface area (Å²) >= 11 is 0. The minimum atomic E-state index is -4.99. The summed E-state index contributed by atoms with van der Waals surface area (Å²) in [5, 5.41) is 24.1. The number of aromatic nitrogens is 1. The molecule has 9 heteroatoms. The molecular formula is C24H26F4N2O3. The van der Waals surface area contributed by atoms with Gasteiger partial charge in [-0.25, -0.2) is 9.37 Å². The summed E-state index contributed by atoms with van der Waals surface area (Å²) in [5.41, 5.74) is -3.72. The van der Waals surface area contributed by atoms with Gasteiger partial charge in [0.25, 0.3) is 0 Å². The van der Waals surface area contributed by atoms with Gasteiger partial charge < -0.3 is 20.3 Å². The molecule has 0 saturated heterocycles. The predicted molar refractivity (Wildman–Crippen MR) is 118 cm³/mol. The van der Waals surface area contributed by atoms with Crippen LogP contribution in [-0.4, -0.2) is 40.1 Å². The highest BCUT2D eigenvalue weighted by molar-refractivity contribution is 5.91. The lowest BCUT2D eigenvalue weighted by Crippen LogP contribution is -2.53. The zero-order valence-electron chi connectivity index (χ0n) is 18.5. The Balaban J connectivity index is 1.90. The Morgan fingerprint density at radius 1 is 1.06 bits per heavy atom. The van der Waals surface area contributed by atoms with Gasteiger partial charge in [-0.05, 0) is 55.2 Å². The molecule has 178 valence electrons. The van der Waals surface area contributed by atoms with Crippen LogP contribution in [0.5, 0.6) is 11.6 Å². The van der Waals surface area contributed by atoms with Gasteiger partial charge in [-0.3, -0.25) is 0 Å². The Hall–Kier alpha value is -3.07. The number of pyridine rings is 1. The maximum absolute atomic E-state index is 14.0. The largest absolute Gasteiger partial charge is 0.508 e. The SMILES string of the molecule is CCOc1ccc2c(NCC(O)(CC(C)(C)c3cc(F)ccc3O)C(F)(F)F)cccc2n1. The summed E-state index contributed by atoms with van der Waals surface area (Å²) in [6.45, 7) is 4.20. The van der Waals surface area contributed by atoms with Crippen LogP contribution in [0, 0.1) is 5.82 Å². The van der Waals surface area contributed by atoms with E-state index < -0.39 is 36.0 Å². The number of fused-ring (bicyclic) bond motifs is 1. The summed E-state index contributed by atoms with van der Waals surface area (Å²) in [4.78, 5) is 4.33. The number of aromatic hydroxyl groups is 1. The lowest BCUT2D eigenvalue weighted by Gasteiger charge is -2.38. The van der Waals surface area contributed by atoms with E-state index in [1.807, 2.05) is 6.92 Å². The molecule has 0 aliphatic carbocycles. The Morgan fingerprint density at radius 2 is 1.79 bits per heavy atom. The molecule has 5 nitrogen and oxygen atoms in total. The van der Waals surface area contributed by atoms with Gasteiger partial charge in [-0.2, -0.15) is 13.2 Å². The fourth-order valence-corrected chi connectivity index (χ4v) is 3.90. The summed E-state index contributed by atoms with van der Waals surface area (Å²) in [6, 6.07) is 11.3. The first-order valence-electron chi connectivity index (χ1n) is 10.4. The zero-order chi connectivity index (χ0) is 24.4. The highest BCUT2D eigenvalue weighted by atomic mass is 19.4. The number of aliphatic hydroxyl groups is 1. The van der Waals surface area contributed by atoms with Crippen molar-refractivity contribution in [1.29, 1.82) is 0 Å². The second kappa shape index (κ2) is 9.05. The topological polar surface area (TPSA) is 74.6 Å². The monoisotopic (exact) mass is 466 g/mol. The molecular weight excluding hydrogens is 440 g/mol. The lowest BCUT2D eigenvalue weighted by atomic mass is 9.74. The van der Waals surface area contributed by atoms with E-state index in [2.05, 4.69) is 10.3 Å². The van der Waals surface area contributed by atoms with Gasteiger partial charge >= 0.3 is 6.18 Å². The van der Waals surface area contributed by atoms with Crippen molar-refractivity contribution in [3.8, 4) is 11.6 Å². The van der Waals surface area contributed by atoms with Crippen molar-refractivity contribution in [2.45, 2.75) is 44.4 Å². The highest BCUT2D eigenvalue weighted by Crippen LogP contribution is 2.43. The van der Waals surface area contributed by atoms with Crippen LogP contribution in [0.3, 0.4) is 0 Å². The van der Waals surface area contributed by atoms with Crippen molar-refractivity contribution in [1.82, 2.24) is 4.98 Å². The molecule has 0 fully saturated rings. The van der Waals surface area contributed by atoms with Crippen molar-refractivity contribution >= 4 is 16.6 Å². The number of phenolic OH excluding ortho intramolecular Hbond substituents is 1. The maximum Gasteiger partial charge on any atom is 0.418 e. The molecule has 1 heterocycles. The van der Waals surface area contributed by atoms with E-state index in [1.54, 1.807) is 30.3 Å². The van der Waals surface area contributed by atoms with Crippen LogP contribution < -0.4 is 10.1 Å². The lowest BCUT2D eigenvalue weighted by molar-refractivity contribution is -0.260. The van der Waals surface area contributed by atoms with Crippen molar-refractivity contribution in [2.75, 3.05) is 18.5 Å². The van der Waals surface area contributed by atoms with Crippen LogP contribution in [0.4, 0.5) is 23.2 Å². The van der Waals surface area contributed by atoms with E-state index in [1.165, 1.54) is 13.8 Å². The van der Waals surface area contributed by atoms with Gasteiger partial charge in [0.1, 0.15) is 11.6 Å². The summed E-state index contributed by atoms with van der Waals surface area (Å²) < 4.78 is 61.2. The third kappa shape index (κ3) is 5.30. The van der Waals surface area contributed by atoms with Gasteiger partial charge in [-0.1, -0.05) is 19.9 Å². The maximum atomic E-state index is 14.0. The summed E-state index contributed by atoms with van der Waals surface area (Å²) in [5.74, 6) is -0.645. The molecule has 0 radical (unpaired) electrons. The molecule has 0 aliphatic heterocycles. The first kappa shape index (κ1) is 24.6. The zero-order valence-corrected chi connectivity index (χ0v) is 18.5. The van der Waals surface area contributed by atoms with Crippen molar-refractivity contribution in [3.63, 3.8) is 0 Å². The van der Waals surface area contributed by atoms with Crippen molar-refractivity contribution < 1.29 is 32.5 Å². The number of alkyl halides is 3. The van der Waals surface area contributed by atoms with Crippen LogP contribution in [0.1, 0.15) is 32.8 Å². The number of hydrogen-bond donors (Lipinski definition) is 3. The number of nitrogens with zero attached hydrogens (tertiary/aromatic N) is 1. The summed E-state index contributed by atoms with van der Waals surface area (Å²) in [7, 11) is 0. The minimum Gasteiger partial charge on any atom is -0.508 e. The number of phenols is 1. The van der Waals surface area contributed by atoms with Gasteiger partial charge in [0.2, 0.25) is 5.88 Å². The molecule has 2 aromatic carbocycles. The van der Waals surface area contributed by atoms with Crippen LogP contribution >= 0.6 is 0 Å². The fraction of sp³-hybridized carbons (Fsp3) is 0.375. The number of halogens is 4. The number of ether oxygens (including phenoxy) is 1. The molecule has 3 rings (SSSR count). The molecule has 33 heavy (non-hydrogen) atoms. The molecule has 0 aliphatic rings. The number of hydrogen-bond acceptors (Lipinski definition) is 5. The number of nitrogens with one attached hydrogen (secondary N) is 1. The molecule has 0 amide bonds. The molecule has 0 spiro atoms. The average Bonchev–Trinajstić information content (AvgIpc) is 2.73. The van der Waals surface area contributed by atoms with E-state index in [0.717, 1.165) is 18.2 Å². The van der Waals surface area contributed by atoms with Crippen molar-refractivity contribution in [2.24, 2.45) is 0 Å². The smallest absolute Gasteiger partial charge is 0.418 e. The highest BCUT2D eigenvalue weighted by Gasteiger charge is 2.56. The third-order valence-corrected chi connectivity index (χ3v) is 5.52. The fourth-order valence-electron chi connectivity index (χ4n) is 3.90. The van der Waals surface area contributed by atoms with E-state index >= 15 is 0 Å². The Morgan fingerprint density at radius 3 is 2.45 bits per heavy atom. The normalized spacial score (nSPS) is 14.2. The Bertz CT molecular complexity index is 1130. The van der Waals surface area contributed by atoms with Gasteiger partial charge in [0.05, 0.1) is 18.7 Å². The van der Waals surface area contributed by atoms with E-state index in [9.17, 15) is 27.8 Å². The number of benzene rings is 2. The van der Waals surface area contributed by atoms with E-state index in [0.29, 0.717) is 29.1 Å². The molecule has 0 saturated carbocycles. The second-order valence-corrected chi connectivity index (χ2v) is 8.56. The number of anilines is 1. The molecule has 3 N–H and O–H groups in total. The minimum absolute atomic E-state index is 0.0250. The van der Waals surface area contributed by atoms with Crippen molar-refractivity contribution in [3.05, 3.63) is 59.9 Å². The quantitative estimate of drug-likeness (QED) is 0.380. The van der Waals surface area contributed by atoms with Gasteiger partial charge in [0.15, 0.2) is 5.60 Å². The van der Waals surface area contributed by atoms with E-state index in [-0.39, 0.29) is 11.3 Å². The molecule has 1 aromatic heterocycles. The average molecular weight is 466 g/mol. The molecule has 3 aromatic rings. The van der Waals surface area contributed by atoms with Crippen LogP contribution in [-0.2, 0) is 5.41 Å².